The highest BCUT2D eigenvalue weighted by Crippen LogP contribution is 2.18. The Balaban J connectivity index is 3.72. The first-order valence-corrected chi connectivity index (χ1v) is 4.79. The molecule has 0 aromatic rings. The van der Waals surface area contributed by atoms with E-state index in [1.807, 2.05) is 13.8 Å². The third-order valence-electron chi connectivity index (χ3n) is 1.70. The summed E-state index contributed by atoms with van der Waals surface area (Å²) < 4.78 is 35.2. The maximum absolute atomic E-state index is 11.7. The highest BCUT2D eigenvalue weighted by molar-refractivity contribution is 5.76. The van der Waals surface area contributed by atoms with Gasteiger partial charge in [0.1, 0.15) is 6.42 Å². The van der Waals surface area contributed by atoms with Crippen LogP contribution in [0.1, 0.15) is 26.7 Å². The number of amides is 1. The van der Waals surface area contributed by atoms with Crippen LogP contribution in [0.3, 0.4) is 0 Å². The molecule has 1 atom stereocenters. The van der Waals surface area contributed by atoms with Crippen LogP contribution in [0.4, 0.5) is 13.2 Å². The van der Waals surface area contributed by atoms with E-state index in [0.717, 1.165) is 0 Å². The molecule has 0 bridgehead atoms. The van der Waals surface area contributed by atoms with Crippen LogP contribution < -0.4 is 11.1 Å². The molecule has 0 heterocycles. The number of nitrogens with one attached hydrogen (secondary N) is 1. The Morgan fingerprint density at radius 3 is 2.33 bits per heavy atom. The van der Waals surface area contributed by atoms with Crippen molar-refractivity contribution in [1.82, 2.24) is 5.32 Å². The molecule has 3 nitrogen and oxygen atoms in total. The second-order valence-electron chi connectivity index (χ2n) is 3.99. The molecule has 15 heavy (non-hydrogen) atoms. The predicted molar refractivity (Wildman–Crippen MR) is 51.1 cm³/mol. The van der Waals surface area contributed by atoms with E-state index in [4.69, 9.17) is 5.73 Å². The van der Waals surface area contributed by atoms with Crippen LogP contribution in [0.15, 0.2) is 0 Å². The number of carbonyl (C=O) groups excluding carboxylic acids is 1. The van der Waals surface area contributed by atoms with Crippen molar-refractivity contribution < 1.29 is 18.0 Å². The van der Waals surface area contributed by atoms with E-state index in [0.29, 0.717) is 12.3 Å². The molecule has 90 valence electrons. The highest BCUT2D eigenvalue weighted by Gasteiger charge is 2.31. The summed E-state index contributed by atoms with van der Waals surface area (Å²) in [5.41, 5.74) is 5.59. The van der Waals surface area contributed by atoms with Gasteiger partial charge in [-0.25, -0.2) is 0 Å². The standard InChI is InChI=1S/C9H17F3N2O/c1-6(2)3-7(13)5-14-8(15)4-9(10,11)12/h6-7H,3-5,13H2,1-2H3,(H,14,15). The fraction of sp³-hybridized carbons (Fsp3) is 0.889. The maximum Gasteiger partial charge on any atom is 0.397 e. The molecule has 0 spiro atoms. The van der Waals surface area contributed by atoms with Gasteiger partial charge in [0.2, 0.25) is 5.91 Å². The first-order chi connectivity index (χ1) is 6.70. The van der Waals surface area contributed by atoms with Gasteiger partial charge in [-0.15, -0.1) is 0 Å². The van der Waals surface area contributed by atoms with Crippen molar-refractivity contribution >= 4 is 5.91 Å². The third-order valence-corrected chi connectivity index (χ3v) is 1.70. The van der Waals surface area contributed by atoms with Gasteiger partial charge in [0, 0.05) is 12.6 Å². The number of halogens is 3. The molecule has 0 aliphatic carbocycles. The van der Waals surface area contributed by atoms with Crippen LogP contribution in [-0.4, -0.2) is 24.7 Å². The summed E-state index contributed by atoms with van der Waals surface area (Å²) in [5, 5.41) is 2.16. The highest BCUT2D eigenvalue weighted by atomic mass is 19.4. The summed E-state index contributed by atoms with van der Waals surface area (Å²) in [4.78, 5) is 10.8. The van der Waals surface area contributed by atoms with Crippen molar-refractivity contribution in [2.75, 3.05) is 6.54 Å². The van der Waals surface area contributed by atoms with Gasteiger partial charge < -0.3 is 11.1 Å². The SMILES string of the molecule is CC(C)CC(N)CNC(=O)CC(F)(F)F. The largest absolute Gasteiger partial charge is 0.397 e. The van der Waals surface area contributed by atoms with Gasteiger partial charge in [0.15, 0.2) is 0 Å². The van der Waals surface area contributed by atoms with Crippen LogP contribution in [0.5, 0.6) is 0 Å². The summed E-state index contributed by atoms with van der Waals surface area (Å²) in [6.45, 7) is 4.00. The van der Waals surface area contributed by atoms with Gasteiger partial charge in [-0.1, -0.05) is 13.8 Å². The summed E-state index contributed by atoms with van der Waals surface area (Å²) in [5.74, 6) is -0.666. The zero-order valence-corrected chi connectivity index (χ0v) is 8.90. The molecule has 0 saturated carbocycles. The lowest BCUT2D eigenvalue weighted by molar-refractivity contribution is -0.153. The Hall–Kier alpha value is -0.780. The minimum absolute atomic E-state index is 0.0904. The molecule has 0 saturated heterocycles. The number of carbonyl (C=O) groups is 1. The van der Waals surface area contributed by atoms with Crippen molar-refractivity contribution in [3.8, 4) is 0 Å². The third kappa shape index (κ3) is 9.52. The Kier molecular flexibility index (Phi) is 5.64. The van der Waals surface area contributed by atoms with E-state index >= 15 is 0 Å². The number of rotatable bonds is 5. The molecule has 0 aromatic heterocycles. The van der Waals surface area contributed by atoms with Crippen LogP contribution >= 0.6 is 0 Å². The zero-order chi connectivity index (χ0) is 12.1. The van der Waals surface area contributed by atoms with Crippen molar-refractivity contribution in [2.24, 2.45) is 11.7 Å². The number of hydrogen-bond acceptors (Lipinski definition) is 2. The number of hydrogen-bond donors (Lipinski definition) is 2. The molecular weight excluding hydrogens is 209 g/mol. The quantitative estimate of drug-likeness (QED) is 0.745. The average Bonchev–Trinajstić information content (AvgIpc) is 1.96. The number of nitrogens with two attached hydrogens (primary N) is 1. The van der Waals surface area contributed by atoms with E-state index in [-0.39, 0.29) is 12.6 Å². The van der Waals surface area contributed by atoms with Gasteiger partial charge in [-0.3, -0.25) is 4.79 Å². The minimum atomic E-state index is -4.45. The van der Waals surface area contributed by atoms with Crippen LogP contribution in [0, 0.1) is 5.92 Å². The maximum atomic E-state index is 11.7. The molecule has 1 amide bonds. The Labute approximate surface area is 87.2 Å². The van der Waals surface area contributed by atoms with Crippen LogP contribution in [0.25, 0.3) is 0 Å². The molecule has 0 fully saturated rings. The minimum Gasteiger partial charge on any atom is -0.354 e. The molecule has 6 heteroatoms. The molecule has 3 N–H and O–H groups in total. The Bertz CT molecular complexity index is 204. The zero-order valence-electron chi connectivity index (χ0n) is 8.90. The van der Waals surface area contributed by atoms with E-state index in [2.05, 4.69) is 5.32 Å². The monoisotopic (exact) mass is 226 g/mol. The van der Waals surface area contributed by atoms with E-state index in [1.54, 1.807) is 0 Å². The van der Waals surface area contributed by atoms with Crippen molar-refractivity contribution in [1.29, 1.82) is 0 Å². The van der Waals surface area contributed by atoms with Crippen LogP contribution in [0.2, 0.25) is 0 Å². The van der Waals surface area contributed by atoms with Crippen molar-refractivity contribution in [2.45, 2.75) is 38.9 Å². The van der Waals surface area contributed by atoms with E-state index < -0.39 is 18.5 Å². The fourth-order valence-electron chi connectivity index (χ4n) is 1.18. The second kappa shape index (κ2) is 5.95. The van der Waals surface area contributed by atoms with E-state index in [1.165, 1.54) is 0 Å². The summed E-state index contributed by atoms with van der Waals surface area (Å²) >= 11 is 0. The van der Waals surface area contributed by atoms with Gasteiger partial charge >= 0.3 is 6.18 Å². The molecule has 0 radical (unpaired) electrons. The topological polar surface area (TPSA) is 55.1 Å². The first-order valence-electron chi connectivity index (χ1n) is 4.79. The fourth-order valence-corrected chi connectivity index (χ4v) is 1.18. The van der Waals surface area contributed by atoms with Gasteiger partial charge in [0.05, 0.1) is 0 Å². The number of alkyl halides is 3. The van der Waals surface area contributed by atoms with E-state index in [9.17, 15) is 18.0 Å². The van der Waals surface area contributed by atoms with Crippen molar-refractivity contribution in [3.05, 3.63) is 0 Å². The summed E-state index contributed by atoms with van der Waals surface area (Å²) in [7, 11) is 0. The lowest BCUT2D eigenvalue weighted by atomic mass is 10.0. The Morgan fingerprint density at radius 1 is 1.40 bits per heavy atom. The molecule has 0 aliphatic rings. The van der Waals surface area contributed by atoms with Gasteiger partial charge in [-0.2, -0.15) is 13.2 Å². The van der Waals surface area contributed by atoms with Gasteiger partial charge in [-0.05, 0) is 12.3 Å². The van der Waals surface area contributed by atoms with Crippen LogP contribution in [-0.2, 0) is 4.79 Å². The normalized spacial score (nSPS) is 14.1. The molecule has 0 aliphatic heterocycles. The molecule has 0 aromatic carbocycles. The lowest BCUT2D eigenvalue weighted by Gasteiger charge is -2.15. The predicted octanol–water partition coefficient (Wildman–Crippen LogP) is 1.43. The molecular formula is C9H17F3N2O. The van der Waals surface area contributed by atoms with Crippen molar-refractivity contribution in [3.63, 3.8) is 0 Å². The Morgan fingerprint density at radius 2 is 1.93 bits per heavy atom. The summed E-state index contributed by atoms with van der Waals surface area (Å²) in [6, 6.07) is -0.290. The van der Waals surface area contributed by atoms with Gasteiger partial charge in [0.25, 0.3) is 0 Å². The smallest absolute Gasteiger partial charge is 0.354 e. The lowest BCUT2D eigenvalue weighted by Crippen LogP contribution is -2.39. The average molecular weight is 226 g/mol. The molecule has 1 unspecified atom stereocenters. The first kappa shape index (κ1) is 14.2. The summed E-state index contributed by atoms with van der Waals surface area (Å²) in [6.07, 6.45) is -5.22. The second-order valence-corrected chi connectivity index (χ2v) is 3.99. The molecule has 0 rings (SSSR count).